The second-order valence-electron chi connectivity index (χ2n) is 5.52. The first kappa shape index (κ1) is 13.8. The van der Waals surface area contributed by atoms with Gasteiger partial charge in [0.05, 0.1) is 6.54 Å². The predicted octanol–water partition coefficient (Wildman–Crippen LogP) is 0.291. The van der Waals surface area contributed by atoms with Gasteiger partial charge in [-0.05, 0) is 31.0 Å². The average molecular weight is 290 g/mol. The number of likely N-dealkylation sites (tertiary alicyclic amines) is 1. The van der Waals surface area contributed by atoms with Crippen LogP contribution < -0.4 is 5.69 Å². The van der Waals surface area contributed by atoms with Crippen molar-refractivity contribution in [2.75, 3.05) is 13.1 Å². The number of carbonyl (C=O) groups is 1. The number of pyridine rings is 1. The van der Waals surface area contributed by atoms with Crippen molar-refractivity contribution in [2.45, 2.75) is 25.9 Å². The third-order valence-electron chi connectivity index (χ3n) is 4.14. The summed E-state index contributed by atoms with van der Waals surface area (Å²) in [7, 11) is 0. The van der Waals surface area contributed by atoms with Crippen LogP contribution >= 0.6 is 0 Å². The van der Waals surface area contributed by atoms with Crippen LogP contribution in [0.25, 0.3) is 5.65 Å². The summed E-state index contributed by atoms with van der Waals surface area (Å²) in [6, 6.07) is 4.92. The second kappa shape index (κ2) is 5.33. The number of carboxylic acid groups (broad SMARTS) is 1. The molecule has 0 aliphatic carbocycles. The smallest absolute Gasteiger partial charge is 0.350 e. The number of nitrogens with zero attached hydrogens (tertiary/aromatic N) is 4. The number of hydrogen-bond donors (Lipinski definition) is 1. The van der Waals surface area contributed by atoms with E-state index in [9.17, 15) is 14.7 Å². The van der Waals surface area contributed by atoms with Crippen molar-refractivity contribution in [1.29, 1.82) is 0 Å². The fourth-order valence-electron chi connectivity index (χ4n) is 3.01. The summed E-state index contributed by atoms with van der Waals surface area (Å²) in [4.78, 5) is 25.4. The molecular formula is C14H18N4O3. The zero-order chi connectivity index (χ0) is 15.0. The molecule has 2 aromatic heterocycles. The molecule has 1 aliphatic heterocycles. The molecule has 0 aromatic carbocycles. The molecule has 0 radical (unpaired) electrons. The van der Waals surface area contributed by atoms with Gasteiger partial charge in [-0.15, -0.1) is 5.10 Å². The van der Waals surface area contributed by atoms with Gasteiger partial charge in [0.25, 0.3) is 0 Å². The summed E-state index contributed by atoms with van der Waals surface area (Å²) in [5, 5.41) is 13.5. The van der Waals surface area contributed by atoms with Crippen molar-refractivity contribution in [3.8, 4) is 0 Å². The molecule has 112 valence electrons. The first-order valence-corrected chi connectivity index (χ1v) is 7.09. The van der Waals surface area contributed by atoms with Crippen molar-refractivity contribution < 1.29 is 9.90 Å². The van der Waals surface area contributed by atoms with Crippen molar-refractivity contribution >= 4 is 11.6 Å². The summed E-state index contributed by atoms with van der Waals surface area (Å²) in [5.74, 6) is -0.650. The largest absolute Gasteiger partial charge is 0.480 e. The number of rotatable bonds is 4. The molecular weight excluding hydrogens is 272 g/mol. The highest BCUT2D eigenvalue weighted by Crippen LogP contribution is 2.23. The highest BCUT2D eigenvalue weighted by atomic mass is 16.4. The Morgan fingerprint density at radius 3 is 2.95 bits per heavy atom. The second-order valence-corrected chi connectivity index (χ2v) is 5.52. The van der Waals surface area contributed by atoms with Crippen LogP contribution in [-0.4, -0.2) is 49.3 Å². The van der Waals surface area contributed by atoms with Crippen LogP contribution in [-0.2, 0) is 11.3 Å². The predicted molar refractivity (Wildman–Crippen MR) is 76.2 cm³/mol. The van der Waals surface area contributed by atoms with Crippen LogP contribution in [0.3, 0.4) is 0 Å². The van der Waals surface area contributed by atoms with Crippen molar-refractivity contribution in [2.24, 2.45) is 5.92 Å². The number of fused-ring (bicyclic) bond motifs is 1. The average Bonchev–Trinajstić information content (AvgIpc) is 2.98. The highest BCUT2D eigenvalue weighted by molar-refractivity contribution is 5.74. The van der Waals surface area contributed by atoms with Crippen LogP contribution in [0.2, 0.25) is 0 Å². The van der Waals surface area contributed by atoms with Gasteiger partial charge in [-0.3, -0.25) is 14.1 Å². The maximum atomic E-state index is 12.1. The molecule has 7 heteroatoms. The van der Waals surface area contributed by atoms with E-state index in [-0.39, 0.29) is 11.6 Å². The fourth-order valence-corrected chi connectivity index (χ4v) is 3.01. The van der Waals surface area contributed by atoms with Gasteiger partial charge in [0.2, 0.25) is 0 Å². The fraction of sp³-hybridized carbons (Fsp3) is 0.500. The maximum absolute atomic E-state index is 12.1. The Morgan fingerprint density at radius 2 is 2.24 bits per heavy atom. The molecule has 2 unspecified atom stereocenters. The summed E-state index contributed by atoms with van der Waals surface area (Å²) in [6.07, 6.45) is 2.55. The monoisotopic (exact) mass is 290 g/mol. The minimum absolute atomic E-state index is 0.139. The van der Waals surface area contributed by atoms with Crippen LogP contribution in [0.5, 0.6) is 0 Å². The Morgan fingerprint density at radius 1 is 1.43 bits per heavy atom. The van der Waals surface area contributed by atoms with Gasteiger partial charge in [-0.2, -0.15) is 0 Å². The van der Waals surface area contributed by atoms with Crippen molar-refractivity contribution in [3.63, 3.8) is 0 Å². The summed E-state index contributed by atoms with van der Waals surface area (Å²) in [5.41, 5.74) is 0.414. The molecule has 0 spiro atoms. The van der Waals surface area contributed by atoms with Gasteiger partial charge in [0, 0.05) is 12.7 Å². The summed E-state index contributed by atoms with van der Waals surface area (Å²) in [6.45, 7) is 3.62. The van der Waals surface area contributed by atoms with E-state index in [0.717, 1.165) is 13.0 Å². The highest BCUT2D eigenvalue weighted by Gasteiger charge is 2.36. The van der Waals surface area contributed by atoms with Gasteiger partial charge in [0.1, 0.15) is 6.04 Å². The Balaban J connectivity index is 1.76. The van der Waals surface area contributed by atoms with Crippen LogP contribution in [0.1, 0.15) is 13.3 Å². The van der Waals surface area contributed by atoms with E-state index in [4.69, 9.17) is 0 Å². The first-order chi connectivity index (χ1) is 10.1. The third kappa shape index (κ3) is 2.44. The van der Waals surface area contributed by atoms with Crippen LogP contribution in [0.15, 0.2) is 29.2 Å². The standard InChI is InChI=1S/C14H18N4O3/c1-10-5-7-16(12(10)13(19)20)8-9-18-14(21)17-6-3-2-4-11(17)15-18/h2-4,6,10,12H,5,7-9H2,1H3,(H,19,20). The lowest BCUT2D eigenvalue weighted by Crippen LogP contribution is -2.41. The SMILES string of the molecule is CC1CCN(CCn2nc3ccccn3c2=O)C1C(=O)O. The molecule has 2 aromatic rings. The lowest BCUT2D eigenvalue weighted by atomic mass is 10.0. The van der Waals surface area contributed by atoms with E-state index in [1.807, 2.05) is 17.9 Å². The molecule has 1 saturated heterocycles. The molecule has 7 nitrogen and oxygen atoms in total. The van der Waals surface area contributed by atoms with Gasteiger partial charge < -0.3 is 5.11 Å². The molecule has 0 bridgehead atoms. The van der Waals surface area contributed by atoms with Crippen LogP contribution in [0, 0.1) is 5.92 Å². The zero-order valence-corrected chi connectivity index (χ0v) is 11.8. The van der Waals surface area contributed by atoms with Crippen molar-refractivity contribution in [3.05, 3.63) is 34.9 Å². The number of aliphatic carboxylic acids is 1. The van der Waals surface area contributed by atoms with E-state index in [2.05, 4.69) is 5.10 Å². The van der Waals surface area contributed by atoms with E-state index in [1.165, 1.54) is 9.08 Å². The Bertz CT molecular complexity index is 720. The lowest BCUT2D eigenvalue weighted by Gasteiger charge is -2.22. The number of carboxylic acids is 1. The molecule has 0 saturated carbocycles. The molecule has 3 rings (SSSR count). The first-order valence-electron chi connectivity index (χ1n) is 7.09. The normalized spacial score (nSPS) is 22.9. The molecule has 1 N–H and O–H groups in total. The van der Waals surface area contributed by atoms with Gasteiger partial charge >= 0.3 is 11.7 Å². The van der Waals surface area contributed by atoms with Gasteiger partial charge in [-0.1, -0.05) is 13.0 Å². The topological polar surface area (TPSA) is 79.8 Å². The molecule has 3 heterocycles. The summed E-state index contributed by atoms with van der Waals surface area (Å²) < 4.78 is 2.89. The Labute approximate surface area is 121 Å². The third-order valence-corrected chi connectivity index (χ3v) is 4.14. The Kier molecular flexibility index (Phi) is 3.50. The van der Waals surface area contributed by atoms with E-state index >= 15 is 0 Å². The minimum Gasteiger partial charge on any atom is -0.480 e. The van der Waals surface area contributed by atoms with E-state index in [0.29, 0.717) is 18.7 Å². The number of hydrogen-bond acceptors (Lipinski definition) is 4. The van der Waals surface area contributed by atoms with Gasteiger partial charge in [-0.25, -0.2) is 9.48 Å². The molecule has 0 amide bonds. The Hall–Kier alpha value is -2.15. The molecule has 1 aliphatic rings. The van der Waals surface area contributed by atoms with E-state index in [1.54, 1.807) is 18.3 Å². The van der Waals surface area contributed by atoms with Crippen molar-refractivity contribution in [1.82, 2.24) is 19.1 Å². The quantitative estimate of drug-likeness (QED) is 0.875. The van der Waals surface area contributed by atoms with Crippen LogP contribution in [0.4, 0.5) is 0 Å². The minimum atomic E-state index is -0.789. The molecule has 2 atom stereocenters. The lowest BCUT2D eigenvalue weighted by molar-refractivity contribution is -0.143. The van der Waals surface area contributed by atoms with E-state index < -0.39 is 12.0 Å². The zero-order valence-electron chi connectivity index (χ0n) is 11.8. The summed E-state index contributed by atoms with van der Waals surface area (Å²) >= 11 is 0. The molecule has 1 fully saturated rings. The maximum Gasteiger partial charge on any atom is 0.350 e. The van der Waals surface area contributed by atoms with Gasteiger partial charge in [0.15, 0.2) is 5.65 Å². The molecule has 21 heavy (non-hydrogen) atoms. The number of aromatic nitrogens is 3.